The Balaban J connectivity index is 1.12. The molecule has 0 aliphatic carbocycles. The number of carbonyl (C=O) groups is 4. The third-order valence-corrected chi connectivity index (χ3v) is 13.7. The van der Waals surface area contributed by atoms with Crippen LogP contribution in [0.3, 0.4) is 0 Å². The van der Waals surface area contributed by atoms with Crippen molar-refractivity contribution < 1.29 is 33.8 Å². The predicted octanol–water partition coefficient (Wildman–Crippen LogP) is 5.88. The van der Waals surface area contributed by atoms with Crippen molar-refractivity contribution in [2.45, 2.75) is 82.7 Å². The third-order valence-electron chi connectivity index (χ3n) is 13.7. The standard InChI is InChI=1S/C47H50N4O7/c1-29-44(46(2,3)33-11-16-37(57-4)17-12-33)40(25-43(55)50-27-32-8-6-5-7-31(32)23-36(50)28-52)58-47(29)38-24-35(49-22-20-42(49)54)15-18-39(38)51(45(47)56)26-30-9-13-34(14-10-30)48-21-19-41(48)53/h5-18,24,29,36,40,44,52H,19-23,25-28H2,1-4H3/t29-,36+,40+,44-,47+/m1/s1. The topological polar surface area (TPSA) is 120 Å². The molecule has 5 heterocycles. The van der Waals surface area contributed by atoms with Crippen LogP contribution in [0, 0.1) is 11.8 Å². The fraction of sp³-hybridized carbons (Fsp3) is 0.404. The number of methoxy groups -OCH3 is 1. The van der Waals surface area contributed by atoms with Crippen molar-refractivity contribution in [2.24, 2.45) is 11.8 Å². The Morgan fingerprint density at radius 2 is 1.53 bits per heavy atom. The van der Waals surface area contributed by atoms with E-state index in [2.05, 4.69) is 26.8 Å². The predicted molar refractivity (Wildman–Crippen MR) is 219 cm³/mol. The molecular formula is C47H50N4O7. The Morgan fingerprint density at radius 3 is 2.16 bits per heavy atom. The summed E-state index contributed by atoms with van der Waals surface area (Å²) in [6.45, 7) is 8.15. The summed E-state index contributed by atoms with van der Waals surface area (Å²) in [6, 6.07) is 29.1. The minimum Gasteiger partial charge on any atom is -0.497 e. The second kappa shape index (κ2) is 14.4. The van der Waals surface area contributed by atoms with Gasteiger partial charge in [0.15, 0.2) is 5.60 Å². The van der Waals surface area contributed by atoms with Crippen LogP contribution in [0.2, 0.25) is 0 Å². The number of hydrogen-bond donors (Lipinski definition) is 1. The summed E-state index contributed by atoms with van der Waals surface area (Å²) in [5.74, 6) is -0.243. The van der Waals surface area contributed by atoms with Crippen LogP contribution in [-0.2, 0) is 54.4 Å². The Morgan fingerprint density at radius 1 is 0.879 bits per heavy atom. The molecule has 0 saturated carbocycles. The first kappa shape index (κ1) is 38.0. The van der Waals surface area contributed by atoms with Crippen molar-refractivity contribution in [3.8, 4) is 5.75 Å². The van der Waals surface area contributed by atoms with Crippen molar-refractivity contribution >= 4 is 40.7 Å². The lowest BCUT2D eigenvalue weighted by Crippen LogP contribution is -2.48. The second-order valence-corrected chi connectivity index (χ2v) is 17.0. The quantitative estimate of drug-likeness (QED) is 0.200. The number of carbonyl (C=O) groups excluding carboxylic acids is 4. The molecule has 11 nitrogen and oxygen atoms in total. The van der Waals surface area contributed by atoms with Gasteiger partial charge < -0.3 is 34.2 Å². The lowest BCUT2D eigenvalue weighted by atomic mass is 9.63. The summed E-state index contributed by atoms with van der Waals surface area (Å²) in [6.07, 6.45) is 0.897. The van der Waals surface area contributed by atoms with Gasteiger partial charge in [-0.3, -0.25) is 19.2 Å². The van der Waals surface area contributed by atoms with Crippen LogP contribution in [-0.4, -0.2) is 72.6 Å². The summed E-state index contributed by atoms with van der Waals surface area (Å²) in [7, 11) is 1.63. The minimum atomic E-state index is -1.46. The molecule has 9 rings (SSSR count). The van der Waals surface area contributed by atoms with Gasteiger partial charge >= 0.3 is 0 Å². The lowest BCUT2D eigenvalue weighted by molar-refractivity contribution is -0.151. The molecule has 1 N–H and O–H groups in total. The van der Waals surface area contributed by atoms with Gasteiger partial charge in [-0.25, -0.2) is 0 Å². The Bertz CT molecular complexity index is 2290. The minimum absolute atomic E-state index is 0.0125. The average molecular weight is 783 g/mol. The van der Waals surface area contributed by atoms with Crippen LogP contribution in [0.15, 0.2) is 91.0 Å². The zero-order chi connectivity index (χ0) is 40.5. The molecule has 58 heavy (non-hydrogen) atoms. The molecule has 5 atom stereocenters. The highest BCUT2D eigenvalue weighted by Gasteiger charge is 2.66. The number of anilines is 3. The van der Waals surface area contributed by atoms with Crippen molar-refractivity contribution in [3.63, 3.8) is 0 Å². The highest BCUT2D eigenvalue weighted by atomic mass is 16.5. The Hall–Kier alpha value is -5.52. The first-order valence-electron chi connectivity index (χ1n) is 20.4. The maximum atomic E-state index is 15.5. The summed E-state index contributed by atoms with van der Waals surface area (Å²) in [5.41, 5.74) is 4.98. The highest BCUT2D eigenvalue weighted by Crippen LogP contribution is 2.60. The fourth-order valence-corrected chi connectivity index (χ4v) is 10.3. The van der Waals surface area contributed by atoms with Gasteiger partial charge in [0.05, 0.1) is 44.5 Å². The number of nitrogens with zero attached hydrogens (tertiary/aromatic N) is 4. The number of ether oxygens (including phenoxy) is 2. The molecule has 4 amide bonds. The van der Waals surface area contributed by atoms with E-state index in [1.165, 1.54) is 0 Å². The average Bonchev–Trinajstić information content (AvgIpc) is 3.65. The second-order valence-electron chi connectivity index (χ2n) is 17.0. The first-order valence-corrected chi connectivity index (χ1v) is 20.4. The molecule has 4 aromatic rings. The number of hydrogen-bond acceptors (Lipinski definition) is 7. The molecule has 0 aromatic heterocycles. The molecule has 5 aliphatic heterocycles. The Labute approximate surface area is 339 Å². The van der Waals surface area contributed by atoms with Gasteiger partial charge in [0, 0.05) is 61.2 Å². The molecule has 300 valence electrons. The van der Waals surface area contributed by atoms with E-state index in [0.717, 1.165) is 33.7 Å². The molecule has 3 fully saturated rings. The van der Waals surface area contributed by atoms with Crippen LogP contribution in [0.25, 0.3) is 0 Å². The van der Waals surface area contributed by atoms with Crippen molar-refractivity contribution in [3.05, 3.63) is 119 Å². The maximum absolute atomic E-state index is 15.5. The maximum Gasteiger partial charge on any atom is 0.264 e. The molecule has 5 aliphatic rings. The van der Waals surface area contributed by atoms with Crippen molar-refractivity contribution in [2.75, 3.05) is 41.5 Å². The lowest BCUT2D eigenvalue weighted by Gasteiger charge is -2.40. The van der Waals surface area contributed by atoms with E-state index >= 15 is 4.79 Å². The van der Waals surface area contributed by atoms with E-state index in [-0.39, 0.29) is 55.2 Å². The normalized spacial score (nSPS) is 25.2. The van der Waals surface area contributed by atoms with Gasteiger partial charge in [0.1, 0.15) is 5.75 Å². The molecule has 0 bridgehead atoms. The number of aliphatic hydroxyl groups is 1. The summed E-state index contributed by atoms with van der Waals surface area (Å²) in [4.78, 5) is 62.1. The summed E-state index contributed by atoms with van der Waals surface area (Å²) in [5, 5.41) is 10.5. The van der Waals surface area contributed by atoms with E-state index in [1.807, 2.05) is 84.9 Å². The van der Waals surface area contributed by atoms with E-state index in [0.29, 0.717) is 55.8 Å². The summed E-state index contributed by atoms with van der Waals surface area (Å²) < 4.78 is 12.8. The van der Waals surface area contributed by atoms with Gasteiger partial charge in [-0.1, -0.05) is 69.3 Å². The molecule has 11 heteroatoms. The van der Waals surface area contributed by atoms with Crippen LogP contribution >= 0.6 is 0 Å². The number of fused-ring (bicyclic) bond motifs is 3. The molecule has 0 unspecified atom stereocenters. The number of benzene rings is 4. The number of rotatable bonds is 10. The number of β-lactam (4-membered cyclic amide) rings is 2. The van der Waals surface area contributed by atoms with Crippen LogP contribution < -0.4 is 19.4 Å². The molecule has 4 aromatic carbocycles. The van der Waals surface area contributed by atoms with Crippen LogP contribution in [0.5, 0.6) is 5.75 Å². The van der Waals surface area contributed by atoms with E-state index < -0.39 is 23.0 Å². The van der Waals surface area contributed by atoms with E-state index in [4.69, 9.17) is 9.47 Å². The SMILES string of the molecule is COc1ccc(C(C)(C)[C@H]2[C@H](CC(=O)N3Cc4ccccc4C[C@H]3CO)O[C@@]3(C(=O)N(Cc4ccc(N5CCC5=O)cc4)c4ccc(N5CCC5=O)cc43)[C@@H]2C)cc1. The van der Waals surface area contributed by atoms with Crippen LogP contribution in [0.4, 0.5) is 17.1 Å². The van der Waals surface area contributed by atoms with Gasteiger partial charge in [-0.15, -0.1) is 0 Å². The fourth-order valence-electron chi connectivity index (χ4n) is 10.3. The monoisotopic (exact) mass is 782 g/mol. The molecule has 3 saturated heterocycles. The Kier molecular flexibility index (Phi) is 9.43. The molecule has 0 radical (unpaired) electrons. The summed E-state index contributed by atoms with van der Waals surface area (Å²) >= 11 is 0. The number of amides is 4. The van der Waals surface area contributed by atoms with Gasteiger partial charge in [0.25, 0.3) is 5.91 Å². The first-order chi connectivity index (χ1) is 27.9. The third kappa shape index (κ3) is 6.00. The zero-order valence-corrected chi connectivity index (χ0v) is 33.5. The molecule has 1 spiro atoms. The molecular weight excluding hydrogens is 733 g/mol. The van der Waals surface area contributed by atoms with Gasteiger partial charge in [-0.05, 0) is 76.6 Å². The number of aliphatic hydroxyl groups excluding tert-OH is 1. The zero-order valence-electron chi connectivity index (χ0n) is 33.5. The largest absolute Gasteiger partial charge is 0.497 e. The van der Waals surface area contributed by atoms with Crippen molar-refractivity contribution in [1.82, 2.24) is 4.90 Å². The van der Waals surface area contributed by atoms with Crippen molar-refractivity contribution in [1.29, 1.82) is 0 Å². The van der Waals surface area contributed by atoms with E-state index in [1.54, 1.807) is 26.7 Å². The highest BCUT2D eigenvalue weighted by molar-refractivity contribution is 6.09. The van der Waals surface area contributed by atoms with Crippen LogP contribution in [0.1, 0.15) is 67.9 Å². The van der Waals surface area contributed by atoms with E-state index in [9.17, 15) is 19.5 Å². The van der Waals surface area contributed by atoms with Gasteiger partial charge in [0.2, 0.25) is 17.7 Å². The van der Waals surface area contributed by atoms with Gasteiger partial charge in [-0.2, -0.15) is 0 Å². The smallest absolute Gasteiger partial charge is 0.264 e.